The van der Waals surface area contributed by atoms with Gasteiger partial charge in [-0.2, -0.15) is 0 Å². The first-order valence-electron chi connectivity index (χ1n) is 14.4. The first-order chi connectivity index (χ1) is 17.7. The molecule has 244 valence electrons. The minimum atomic E-state index is -0.472. The largest absolute Gasteiger partial charge is 1.00 e. The number of nitrogens with two attached hydrogens (primary N) is 1. The Hall–Kier alpha value is -1.42. The summed E-state index contributed by atoms with van der Waals surface area (Å²) in [6.45, 7) is 9.82. The Morgan fingerprint density at radius 2 is 1.24 bits per heavy atom. The van der Waals surface area contributed by atoms with Gasteiger partial charge in [0.25, 0.3) is 0 Å². The molecule has 0 radical (unpaired) electrons. The lowest BCUT2D eigenvalue weighted by atomic mass is 10.00. The normalized spacial score (nSPS) is 24.6. The Morgan fingerprint density at radius 1 is 0.756 bits per heavy atom. The van der Waals surface area contributed by atoms with Crippen LogP contribution in [0, 0.1) is 11.8 Å². The molecule has 2 fully saturated rings. The van der Waals surface area contributed by atoms with Gasteiger partial charge in [0.05, 0.1) is 0 Å². The van der Waals surface area contributed by atoms with Gasteiger partial charge >= 0.3 is 11.9 Å². The number of carbonyl (C=O) groups is 3. The molecule has 0 aromatic heterocycles. The van der Waals surface area contributed by atoms with Gasteiger partial charge in [0, 0.05) is 18.3 Å². The average molecular weight is 696 g/mol. The lowest BCUT2D eigenvalue weighted by Crippen LogP contribution is -3.00. The fourth-order valence-electron chi connectivity index (χ4n) is 4.26. The standard InChI is InChI=1S/C24H41NO3.C6H11NO2.3CH4.HI/c1-4-5-6-7-8-9-10-11-12-13-14-15-16-17-18-19-22(26)25-23-20(2)21(3)28-24(23)27;1-3-4(2)9-6(8)5(3)7;;;;/h8-9,11-12,20-21,23H,4-7,10,13-19H2,1-3H3,(H,25,26);3-5H,7H2,1-2H3;3*1H4;1H/p-1/b9-8-,12-11-;;;;;. The summed E-state index contributed by atoms with van der Waals surface area (Å²) in [6.07, 6.45) is 22.4. The number of halogens is 1. The smallest absolute Gasteiger partial charge is 0.329 e. The Bertz CT molecular complexity index is 743. The van der Waals surface area contributed by atoms with Crippen LogP contribution < -0.4 is 35.0 Å². The van der Waals surface area contributed by atoms with Gasteiger partial charge in [-0.15, -0.1) is 0 Å². The lowest BCUT2D eigenvalue weighted by molar-refractivity contribution is -0.144. The molecule has 6 unspecified atom stereocenters. The predicted molar refractivity (Wildman–Crippen MR) is 169 cm³/mol. The maximum Gasteiger partial charge on any atom is 0.329 e. The zero-order chi connectivity index (χ0) is 27.6. The van der Waals surface area contributed by atoms with Gasteiger partial charge < -0.3 is 44.5 Å². The molecule has 1 amide bonds. The van der Waals surface area contributed by atoms with Crippen LogP contribution in [0.2, 0.25) is 0 Å². The van der Waals surface area contributed by atoms with E-state index in [2.05, 4.69) is 36.5 Å². The third-order valence-electron chi connectivity index (χ3n) is 7.37. The summed E-state index contributed by atoms with van der Waals surface area (Å²) in [4.78, 5) is 34.3. The lowest BCUT2D eigenvalue weighted by Gasteiger charge is -2.14. The molecular weight excluding hydrogens is 631 g/mol. The number of carbonyl (C=O) groups excluding carboxylic acids is 3. The summed E-state index contributed by atoms with van der Waals surface area (Å²) in [7, 11) is 0. The number of rotatable bonds is 15. The van der Waals surface area contributed by atoms with Crippen molar-refractivity contribution in [2.75, 3.05) is 0 Å². The van der Waals surface area contributed by atoms with Crippen LogP contribution in [-0.4, -0.2) is 42.1 Å². The molecule has 6 atom stereocenters. The summed E-state index contributed by atoms with van der Waals surface area (Å²) in [5.41, 5.74) is 5.44. The minimum Gasteiger partial charge on any atom is -1.00 e. The highest BCUT2D eigenvalue weighted by Gasteiger charge is 2.40. The first-order valence-corrected chi connectivity index (χ1v) is 14.4. The SMILES string of the molecule is C.C.C.CC1OC(=O)C(N)C1C.CCCCC/C=C\C/C=C\CCCCCCCC(=O)NC1C(=O)OC(C)C1C.[I-]. The van der Waals surface area contributed by atoms with Crippen molar-refractivity contribution in [1.29, 1.82) is 0 Å². The van der Waals surface area contributed by atoms with Crippen molar-refractivity contribution in [2.24, 2.45) is 17.6 Å². The zero-order valence-electron chi connectivity index (χ0n) is 24.3. The highest BCUT2D eigenvalue weighted by atomic mass is 127. The van der Waals surface area contributed by atoms with Crippen LogP contribution in [0.15, 0.2) is 24.3 Å². The number of allylic oxidation sites excluding steroid dienone is 4. The molecule has 3 N–H and O–H groups in total. The van der Waals surface area contributed by atoms with Crippen molar-refractivity contribution in [1.82, 2.24) is 5.32 Å². The minimum absolute atomic E-state index is 0. The molecule has 2 aliphatic rings. The summed E-state index contributed by atoms with van der Waals surface area (Å²) < 4.78 is 9.98. The van der Waals surface area contributed by atoms with Crippen molar-refractivity contribution in [3.63, 3.8) is 0 Å². The molecule has 0 bridgehead atoms. The van der Waals surface area contributed by atoms with E-state index in [9.17, 15) is 14.4 Å². The molecule has 41 heavy (non-hydrogen) atoms. The average Bonchev–Trinajstić information content (AvgIpc) is 3.24. The van der Waals surface area contributed by atoms with Gasteiger partial charge in [0.1, 0.15) is 24.3 Å². The maximum atomic E-state index is 12.0. The van der Waals surface area contributed by atoms with Crippen molar-refractivity contribution < 1.29 is 47.8 Å². The summed E-state index contributed by atoms with van der Waals surface area (Å²) in [6, 6.07) is -0.875. The quantitative estimate of drug-likeness (QED) is 0.112. The van der Waals surface area contributed by atoms with E-state index < -0.39 is 12.1 Å². The van der Waals surface area contributed by atoms with Gasteiger partial charge in [-0.1, -0.05) is 99.5 Å². The van der Waals surface area contributed by atoms with Gasteiger partial charge in [0.2, 0.25) is 5.91 Å². The fourth-order valence-corrected chi connectivity index (χ4v) is 4.26. The van der Waals surface area contributed by atoms with Crippen LogP contribution >= 0.6 is 0 Å². The van der Waals surface area contributed by atoms with Crippen LogP contribution in [0.5, 0.6) is 0 Å². The molecular formula is C33H64IN2O5-. The molecule has 0 aromatic rings. The van der Waals surface area contributed by atoms with E-state index in [4.69, 9.17) is 15.2 Å². The Balaban J connectivity index is -0.000000450. The second-order valence-corrected chi connectivity index (χ2v) is 10.6. The van der Waals surface area contributed by atoms with Crippen molar-refractivity contribution in [3.05, 3.63) is 24.3 Å². The van der Waals surface area contributed by atoms with Crippen LogP contribution in [0.1, 0.15) is 134 Å². The topological polar surface area (TPSA) is 108 Å². The van der Waals surface area contributed by atoms with Gasteiger partial charge in [0.15, 0.2) is 0 Å². The fraction of sp³-hybridized carbons (Fsp3) is 0.788. The molecule has 8 heteroatoms. The Kier molecular flexibility index (Phi) is 31.1. The molecule has 2 saturated heterocycles. The summed E-state index contributed by atoms with van der Waals surface area (Å²) in [5, 5.41) is 2.83. The van der Waals surface area contributed by atoms with E-state index in [1.807, 2.05) is 27.7 Å². The molecule has 0 spiro atoms. The van der Waals surface area contributed by atoms with Gasteiger partial charge in [-0.25, -0.2) is 4.79 Å². The molecule has 2 aliphatic heterocycles. The van der Waals surface area contributed by atoms with E-state index in [0.29, 0.717) is 6.42 Å². The highest BCUT2D eigenvalue weighted by molar-refractivity contribution is 5.86. The van der Waals surface area contributed by atoms with E-state index in [1.165, 1.54) is 38.5 Å². The third-order valence-corrected chi connectivity index (χ3v) is 7.37. The van der Waals surface area contributed by atoms with Gasteiger partial charge in [-0.05, 0) is 52.4 Å². The number of hydrogen-bond donors (Lipinski definition) is 2. The van der Waals surface area contributed by atoms with E-state index in [1.54, 1.807) is 0 Å². The number of unbranched alkanes of at least 4 members (excludes halogenated alkanes) is 8. The maximum absolute atomic E-state index is 12.0. The number of esters is 2. The van der Waals surface area contributed by atoms with Crippen LogP contribution in [0.3, 0.4) is 0 Å². The molecule has 2 heterocycles. The van der Waals surface area contributed by atoms with Crippen molar-refractivity contribution in [2.45, 2.75) is 158 Å². The van der Waals surface area contributed by atoms with E-state index in [-0.39, 0.29) is 88.1 Å². The Labute approximate surface area is 270 Å². The van der Waals surface area contributed by atoms with E-state index in [0.717, 1.165) is 32.1 Å². The van der Waals surface area contributed by atoms with Crippen molar-refractivity contribution >= 4 is 17.8 Å². The predicted octanol–water partition coefficient (Wildman–Crippen LogP) is 4.67. The number of cyclic esters (lactones) is 2. The number of amides is 1. The van der Waals surface area contributed by atoms with Crippen LogP contribution in [-0.2, 0) is 23.9 Å². The molecule has 2 rings (SSSR count). The van der Waals surface area contributed by atoms with Gasteiger partial charge in [-0.3, -0.25) is 9.59 Å². The number of ether oxygens (including phenoxy) is 2. The highest BCUT2D eigenvalue weighted by Crippen LogP contribution is 2.22. The van der Waals surface area contributed by atoms with Crippen LogP contribution in [0.25, 0.3) is 0 Å². The molecule has 0 aromatic carbocycles. The molecule has 7 nitrogen and oxygen atoms in total. The number of nitrogens with one attached hydrogen (secondary N) is 1. The molecule has 0 aliphatic carbocycles. The third kappa shape index (κ3) is 19.4. The van der Waals surface area contributed by atoms with Crippen LogP contribution in [0.4, 0.5) is 0 Å². The second-order valence-electron chi connectivity index (χ2n) is 10.6. The summed E-state index contributed by atoms with van der Waals surface area (Å²) in [5.74, 6) is -0.393. The number of hydrogen-bond acceptors (Lipinski definition) is 6. The Morgan fingerprint density at radius 3 is 1.68 bits per heavy atom. The van der Waals surface area contributed by atoms with E-state index >= 15 is 0 Å². The van der Waals surface area contributed by atoms with Crippen molar-refractivity contribution in [3.8, 4) is 0 Å². The zero-order valence-corrected chi connectivity index (χ0v) is 26.4. The summed E-state index contributed by atoms with van der Waals surface area (Å²) >= 11 is 0. The monoisotopic (exact) mass is 695 g/mol. The molecule has 0 saturated carbocycles. The second kappa shape index (κ2) is 27.4. The first kappa shape index (κ1) is 46.5.